The fraction of sp³-hybridized carbons (Fsp3) is 0.565. The predicted molar refractivity (Wildman–Crippen MR) is 118 cm³/mol. The standard InChI is InChI=1S/C23H32N2O9/c1-14(22(29)30-5)34-23(25-16(3)27)11-20(31-13-18-9-7-6-8-10-18)33-19(12-24-15(2)26)21(23)32-17(4)28/h6-10,14,19-21H,11-13H2,1-5H3,(H,24,26)(H,25,27)/t14?,19-,20+,21-,23-/m1/s1. The molecule has 34 heavy (non-hydrogen) atoms. The van der Waals surface area contributed by atoms with Crippen LogP contribution >= 0.6 is 0 Å². The van der Waals surface area contributed by atoms with Crippen LogP contribution in [0.5, 0.6) is 0 Å². The zero-order chi connectivity index (χ0) is 25.3. The Morgan fingerprint density at radius 2 is 1.79 bits per heavy atom. The molecular formula is C23H32N2O9. The van der Waals surface area contributed by atoms with Gasteiger partial charge in [0.2, 0.25) is 11.8 Å². The van der Waals surface area contributed by atoms with Crippen LogP contribution in [0.4, 0.5) is 0 Å². The molecule has 2 amide bonds. The first-order valence-electron chi connectivity index (χ1n) is 10.8. The van der Waals surface area contributed by atoms with Crippen LogP contribution in [0.1, 0.15) is 39.7 Å². The molecule has 0 aromatic heterocycles. The Morgan fingerprint density at radius 3 is 2.35 bits per heavy atom. The Labute approximate surface area is 198 Å². The van der Waals surface area contributed by atoms with Gasteiger partial charge in [0.25, 0.3) is 0 Å². The summed E-state index contributed by atoms with van der Waals surface area (Å²) in [6.07, 6.45) is -4.38. The first-order chi connectivity index (χ1) is 16.1. The van der Waals surface area contributed by atoms with Crippen molar-refractivity contribution in [2.75, 3.05) is 13.7 Å². The molecule has 188 valence electrons. The van der Waals surface area contributed by atoms with E-state index in [0.717, 1.165) is 5.56 Å². The van der Waals surface area contributed by atoms with Gasteiger partial charge < -0.3 is 34.3 Å². The lowest BCUT2D eigenvalue weighted by Crippen LogP contribution is -2.70. The number of rotatable bonds is 10. The van der Waals surface area contributed by atoms with Crippen molar-refractivity contribution in [2.24, 2.45) is 0 Å². The third-order valence-electron chi connectivity index (χ3n) is 5.03. The van der Waals surface area contributed by atoms with E-state index in [2.05, 4.69) is 10.6 Å². The first kappa shape index (κ1) is 27.2. The van der Waals surface area contributed by atoms with Crippen molar-refractivity contribution in [1.29, 1.82) is 0 Å². The molecule has 0 bridgehead atoms. The summed E-state index contributed by atoms with van der Waals surface area (Å²) in [5.74, 6) is -2.21. The van der Waals surface area contributed by atoms with Gasteiger partial charge in [-0.05, 0) is 12.5 Å². The Kier molecular flexibility index (Phi) is 9.97. The summed E-state index contributed by atoms with van der Waals surface area (Å²) in [4.78, 5) is 47.9. The number of carbonyl (C=O) groups excluding carboxylic acids is 4. The minimum absolute atomic E-state index is 0.0736. The number of benzene rings is 1. The molecule has 1 aromatic carbocycles. The highest BCUT2D eigenvalue weighted by Gasteiger charge is 2.55. The summed E-state index contributed by atoms with van der Waals surface area (Å²) in [5.41, 5.74) is -0.839. The number of amides is 2. The van der Waals surface area contributed by atoms with Gasteiger partial charge in [0.15, 0.2) is 24.2 Å². The largest absolute Gasteiger partial charge is 0.467 e. The molecule has 1 fully saturated rings. The lowest BCUT2D eigenvalue weighted by molar-refractivity contribution is -0.307. The average Bonchev–Trinajstić information content (AvgIpc) is 2.77. The fourth-order valence-electron chi connectivity index (χ4n) is 3.68. The van der Waals surface area contributed by atoms with Crippen molar-refractivity contribution >= 4 is 23.8 Å². The highest BCUT2D eigenvalue weighted by atomic mass is 16.7. The Balaban J connectivity index is 2.44. The SMILES string of the molecule is COC(=O)C(C)O[C@]1(NC(C)=O)C[C@@H](OCc2ccccc2)O[C@H](CNC(C)=O)[C@H]1OC(C)=O. The molecule has 1 unspecified atom stereocenters. The number of hydrogen-bond donors (Lipinski definition) is 2. The van der Waals surface area contributed by atoms with Gasteiger partial charge in [0, 0.05) is 27.3 Å². The zero-order valence-electron chi connectivity index (χ0n) is 20.0. The molecular weight excluding hydrogens is 448 g/mol. The lowest BCUT2D eigenvalue weighted by atomic mass is 9.92. The van der Waals surface area contributed by atoms with Gasteiger partial charge in [-0.1, -0.05) is 30.3 Å². The number of nitrogens with one attached hydrogen (secondary N) is 2. The van der Waals surface area contributed by atoms with Gasteiger partial charge in [-0.15, -0.1) is 0 Å². The van der Waals surface area contributed by atoms with Gasteiger partial charge in [-0.3, -0.25) is 14.4 Å². The Morgan fingerprint density at radius 1 is 1.12 bits per heavy atom. The third-order valence-corrected chi connectivity index (χ3v) is 5.03. The van der Waals surface area contributed by atoms with Gasteiger partial charge in [-0.2, -0.15) is 0 Å². The molecule has 0 spiro atoms. The predicted octanol–water partition coefficient (Wildman–Crippen LogP) is 0.797. The van der Waals surface area contributed by atoms with E-state index < -0.39 is 48.2 Å². The van der Waals surface area contributed by atoms with Crippen LogP contribution < -0.4 is 10.6 Å². The van der Waals surface area contributed by atoms with E-state index in [9.17, 15) is 19.2 Å². The second-order valence-corrected chi connectivity index (χ2v) is 7.93. The molecule has 1 aromatic rings. The van der Waals surface area contributed by atoms with Crippen molar-refractivity contribution in [3.05, 3.63) is 35.9 Å². The van der Waals surface area contributed by atoms with Crippen LogP contribution in [-0.2, 0) is 49.5 Å². The van der Waals surface area contributed by atoms with E-state index in [1.54, 1.807) is 0 Å². The normalized spacial score (nSPS) is 25.0. The number of ether oxygens (including phenoxy) is 5. The first-order valence-corrected chi connectivity index (χ1v) is 10.8. The summed E-state index contributed by atoms with van der Waals surface area (Å²) in [7, 11) is 1.20. The molecule has 11 nitrogen and oxygen atoms in total. The maximum Gasteiger partial charge on any atom is 0.334 e. The number of hydrogen-bond acceptors (Lipinski definition) is 9. The molecule has 1 aliphatic rings. The van der Waals surface area contributed by atoms with Gasteiger partial charge in [0.1, 0.15) is 6.10 Å². The summed E-state index contributed by atoms with van der Waals surface area (Å²) in [6.45, 7) is 5.32. The fourth-order valence-corrected chi connectivity index (χ4v) is 3.68. The van der Waals surface area contributed by atoms with Crippen LogP contribution in [-0.4, -0.2) is 67.7 Å². The third kappa shape index (κ3) is 7.79. The Hall–Kier alpha value is -3.02. The molecule has 0 saturated carbocycles. The van der Waals surface area contributed by atoms with Crippen molar-refractivity contribution in [3.8, 4) is 0 Å². The smallest absolute Gasteiger partial charge is 0.334 e. The van der Waals surface area contributed by atoms with E-state index in [0.29, 0.717) is 0 Å². The molecule has 0 aliphatic carbocycles. The van der Waals surface area contributed by atoms with E-state index >= 15 is 0 Å². The molecule has 5 atom stereocenters. The summed E-state index contributed by atoms with van der Waals surface area (Å²) in [6, 6.07) is 9.34. The molecule has 0 radical (unpaired) electrons. The highest BCUT2D eigenvalue weighted by molar-refractivity contribution is 5.75. The van der Waals surface area contributed by atoms with Gasteiger partial charge in [-0.25, -0.2) is 4.79 Å². The molecule has 11 heteroatoms. The monoisotopic (exact) mass is 480 g/mol. The minimum Gasteiger partial charge on any atom is -0.467 e. The number of carbonyl (C=O) groups is 4. The summed E-state index contributed by atoms with van der Waals surface area (Å²) >= 11 is 0. The summed E-state index contributed by atoms with van der Waals surface area (Å²) < 4.78 is 28.2. The second-order valence-electron chi connectivity index (χ2n) is 7.93. The van der Waals surface area contributed by atoms with Crippen LogP contribution in [0.3, 0.4) is 0 Å². The molecule has 2 N–H and O–H groups in total. The zero-order valence-corrected chi connectivity index (χ0v) is 20.0. The van der Waals surface area contributed by atoms with E-state index in [1.165, 1.54) is 34.8 Å². The molecule has 2 rings (SSSR count). The highest BCUT2D eigenvalue weighted by Crippen LogP contribution is 2.35. The van der Waals surface area contributed by atoms with Crippen molar-refractivity contribution in [1.82, 2.24) is 10.6 Å². The molecule has 1 saturated heterocycles. The van der Waals surface area contributed by atoms with Crippen LogP contribution in [0, 0.1) is 0 Å². The van der Waals surface area contributed by atoms with Crippen LogP contribution in [0.25, 0.3) is 0 Å². The topological polar surface area (TPSA) is 138 Å². The van der Waals surface area contributed by atoms with Crippen molar-refractivity contribution in [2.45, 2.75) is 71.0 Å². The maximum absolute atomic E-state index is 12.2. The van der Waals surface area contributed by atoms with E-state index in [4.69, 9.17) is 23.7 Å². The van der Waals surface area contributed by atoms with Gasteiger partial charge in [0.05, 0.1) is 20.1 Å². The van der Waals surface area contributed by atoms with Crippen molar-refractivity contribution < 1.29 is 42.9 Å². The summed E-state index contributed by atoms with van der Waals surface area (Å²) in [5, 5.41) is 5.31. The molecule has 1 heterocycles. The quantitative estimate of drug-likeness (QED) is 0.368. The van der Waals surface area contributed by atoms with E-state index in [1.807, 2.05) is 30.3 Å². The average molecular weight is 481 g/mol. The molecule has 1 aliphatic heterocycles. The van der Waals surface area contributed by atoms with Gasteiger partial charge >= 0.3 is 11.9 Å². The van der Waals surface area contributed by atoms with E-state index in [-0.39, 0.29) is 25.5 Å². The number of methoxy groups -OCH3 is 1. The minimum atomic E-state index is -1.71. The van der Waals surface area contributed by atoms with Crippen LogP contribution in [0.2, 0.25) is 0 Å². The maximum atomic E-state index is 12.2. The van der Waals surface area contributed by atoms with Crippen molar-refractivity contribution in [3.63, 3.8) is 0 Å². The Bertz CT molecular complexity index is 863. The van der Waals surface area contributed by atoms with Crippen LogP contribution in [0.15, 0.2) is 30.3 Å². The lowest BCUT2D eigenvalue weighted by Gasteiger charge is -2.49. The number of esters is 2. The second kappa shape index (κ2) is 12.4.